The molecule has 0 spiro atoms. The molecule has 0 aromatic carbocycles. The monoisotopic (exact) mass is 171 g/mol. The van der Waals surface area contributed by atoms with Crippen LogP contribution in [0.1, 0.15) is 12.8 Å². The number of hydrogen-bond donors (Lipinski definition) is 1. The zero-order chi connectivity index (χ0) is 8.81. The molecule has 1 saturated heterocycles. The maximum Gasteiger partial charge on any atom is 0.142 e. The second-order valence-electron chi connectivity index (χ2n) is 3.44. The molecule has 0 aromatic rings. The number of nitrogens with zero attached hydrogens (tertiary/aromatic N) is 1. The smallest absolute Gasteiger partial charge is 0.142 e. The van der Waals surface area contributed by atoms with E-state index in [4.69, 9.17) is 4.74 Å². The van der Waals surface area contributed by atoms with Gasteiger partial charge in [-0.2, -0.15) is 0 Å². The Bertz CT molecular complexity index is 143. The highest BCUT2D eigenvalue weighted by Gasteiger charge is 2.15. The zero-order valence-electron chi connectivity index (χ0n) is 7.88. The van der Waals surface area contributed by atoms with Crippen LogP contribution in [0.15, 0.2) is 0 Å². The predicted octanol–water partition coefficient (Wildman–Crippen LogP) is 0.0979. The molecular formula is C9H19N2O+. The maximum atomic E-state index is 5.56. The normalized spacial score (nSPS) is 17.4. The molecule has 0 aromatic heterocycles. The summed E-state index contributed by atoms with van der Waals surface area (Å²) in [5.74, 6) is 0. The van der Waals surface area contributed by atoms with Crippen molar-refractivity contribution in [3.63, 3.8) is 0 Å². The van der Waals surface area contributed by atoms with Crippen LogP contribution in [-0.2, 0) is 4.74 Å². The highest BCUT2D eigenvalue weighted by Crippen LogP contribution is 1.99. The Morgan fingerprint density at radius 2 is 2.25 bits per heavy atom. The van der Waals surface area contributed by atoms with Gasteiger partial charge in [0, 0.05) is 26.1 Å². The lowest BCUT2D eigenvalue weighted by atomic mass is 10.2. The van der Waals surface area contributed by atoms with Gasteiger partial charge in [0.05, 0.1) is 6.10 Å². The maximum absolute atomic E-state index is 5.56. The van der Waals surface area contributed by atoms with Crippen LogP contribution in [-0.4, -0.2) is 50.7 Å². The first-order valence-corrected chi connectivity index (χ1v) is 4.63. The fourth-order valence-corrected chi connectivity index (χ4v) is 1.11. The third-order valence-corrected chi connectivity index (χ3v) is 2.03. The van der Waals surface area contributed by atoms with Gasteiger partial charge in [-0.15, -0.1) is 0 Å². The topological polar surface area (TPSA) is 24.3 Å². The fraction of sp³-hybridized carbons (Fsp3) is 0.889. The summed E-state index contributed by atoms with van der Waals surface area (Å²) in [4.78, 5) is 0. The second kappa shape index (κ2) is 5.27. The fourth-order valence-electron chi connectivity index (χ4n) is 1.11. The van der Waals surface area contributed by atoms with Crippen LogP contribution in [0.4, 0.5) is 0 Å². The van der Waals surface area contributed by atoms with E-state index in [0.29, 0.717) is 6.10 Å². The largest absolute Gasteiger partial charge is 0.376 e. The molecule has 0 amide bonds. The minimum atomic E-state index is 0.488. The van der Waals surface area contributed by atoms with Gasteiger partial charge in [-0.1, -0.05) is 0 Å². The molecule has 1 heterocycles. The van der Waals surface area contributed by atoms with E-state index >= 15 is 0 Å². The molecule has 0 atom stereocenters. The van der Waals surface area contributed by atoms with Crippen molar-refractivity contribution in [1.29, 1.82) is 0 Å². The molecule has 70 valence electrons. The quantitative estimate of drug-likeness (QED) is 0.348. The molecule has 0 radical (unpaired) electrons. The molecule has 1 aliphatic rings. The molecule has 0 unspecified atom stereocenters. The van der Waals surface area contributed by atoms with Crippen LogP contribution < -0.4 is 5.32 Å². The van der Waals surface area contributed by atoms with E-state index in [1.807, 2.05) is 11.6 Å². The summed E-state index contributed by atoms with van der Waals surface area (Å²) in [6.45, 7) is 7.82. The number of rotatable bonds is 6. The lowest BCUT2D eigenvalue weighted by Crippen LogP contribution is -2.48. The molecule has 1 fully saturated rings. The van der Waals surface area contributed by atoms with Crippen LogP contribution in [0.2, 0.25) is 0 Å². The van der Waals surface area contributed by atoms with Crippen molar-refractivity contribution in [2.75, 3.05) is 33.3 Å². The third kappa shape index (κ3) is 3.83. The molecule has 0 bridgehead atoms. The average molecular weight is 171 g/mol. The first kappa shape index (κ1) is 9.68. The van der Waals surface area contributed by atoms with E-state index in [1.165, 1.54) is 6.42 Å². The van der Waals surface area contributed by atoms with Crippen molar-refractivity contribution in [1.82, 2.24) is 5.32 Å². The second-order valence-corrected chi connectivity index (χ2v) is 3.44. The van der Waals surface area contributed by atoms with Gasteiger partial charge < -0.3 is 10.1 Å². The van der Waals surface area contributed by atoms with Gasteiger partial charge in [-0.25, -0.2) is 4.58 Å². The summed E-state index contributed by atoms with van der Waals surface area (Å²) in [5.41, 5.74) is 0. The first-order valence-electron chi connectivity index (χ1n) is 4.63. The molecule has 3 heteroatoms. The SMILES string of the molecule is C=[N+](C)CCCCOC1CNC1. The highest BCUT2D eigenvalue weighted by atomic mass is 16.5. The predicted molar refractivity (Wildman–Crippen MR) is 50.0 cm³/mol. The average Bonchev–Trinajstić information content (AvgIpc) is 1.92. The minimum absolute atomic E-state index is 0.488. The van der Waals surface area contributed by atoms with Gasteiger partial charge in [0.1, 0.15) is 20.3 Å². The van der Waals surface area contributed by atoms with Gasteiger partial charge in [0.25, 0.3) is 0 Å². The van der Waals surface area contributed by atoms with Crippen LogP contribution in [0.5, 0.6) is 0 Å². The zero-order valence-corrected chi connectivity index (χ0v) is 7.88. The summed E-state index contributed by atoms with van der Waals surface area (Å²) in [6.07, 6.45) is 2.82. The number of ether oxygens (including phenoxy) is 1. The Labute approximate surface area is 74.4 Å². The standard InChI is InChI=1S/C9H19N2O/c1-11(2)5-3-4-6-12-9-7-10-8-9/h9-10H,1,3-8H2,2H3/q+1. The summed E-state index contributed by atoms with van der Waals surface area (Å²) < 4.78 is 7.52. The van der Waals surface area contributed by atoms with E-state index in [9.17, 15) is 0 Å². The van der Waals surface area contributed by atoms with E-state index in [2.05, 4.69) is 12.0 Å². The first-order chi connectivity index (χ1) is 5.79. The molecular weight excluding hydrogens is 152 g/mol. The Morgan fingerprint density at radius 3 is 2.75 bits per heavy atom. The number of unbranched alkanes of at least 4 members (excludes halogenated alkanes) is 1. The molecule has 12 heavy (non-hydrogen) atoms. The van der Waals surface area contributed by atoms with Gasteiger partial charge in [0.15, 0.2) is 0 Å². The van der Waals surface area contributed by atoms with Crippen molar-refractivity contribution in [3.05, 3.63) is 0 Å². The van der Waals surface area contributed by atoms with Crippen molar-refractivity contribution in [2.24, 2.45) is 0 Å². The third-order valence-electron chi connectivity index (χ3n) is 2.03. The van der Waals surface area contributed by atoms with E-state index in [-0.39, 0.29) is 0 Å². The lowest BCUT2D eigenvalue weighted by molar-refractivity contribution is -0.489. The number of hydrogen-bond acceptors (Lipinski definition) is 2. The van der Waals surface area contributed by atoms with Crippen molar-refractivity contribution in [3.8, 4) is 0 Å². The Morgan fingerprint density at radius 1 is 1.50 bits per heavy atom. The summed E-state index contributed by atoms with van der Waals surface area (Å²) in [6, 6.07) is 0. The Hall–Kier alpha value is -0.410. The summed E-state index contributed by atoms with van der Waals surface area (Å²) in [7, 11) is 2.00. The van der Waals surface area contributed by atoms with Crippen molar-refractivity contribution in [2.45, 2.75) is 18.9 Å². The summed E-state index contributed by atoms with van der Waals surface area (Å²) >= 11 is 0. The van der Waals surface area contributed by atoms with Crippen LogP contribution in [0.3, 0.4) is 0 Å². The molecule has 1 rings (SSSR count). The van der Waals surface area contributed by atoms with Gasteiger partial charge in [0.2, 0.25) is 0 Å². The van der Waals surface area contributed by atoms with Crippen LogP contribution >= 0.6 is 0 Å². The van der Waals surface area contributed by atoms with E-state index < -0.39 is 0 Å². The van der Waals surface area contributed by atoms with Crippen molar-refractivity contribution < 1.29 is 9.31 Å². The van der Waals surface area contributed by atoms with Gasteiger partial charge >= 0.3 is 0 Å². The molecule has 3 nitrogen and oxygen atoms in total. The molecule has 1 N–H and O–H groups in total. The molecule has 0 saturated carbocycles. The van der Waals surface area contributed by atoms with Gasteiger partial charge in [-0.3, -0.25) is 0 Å². The van der Waals surface area contributed by atoms with Crippen LogP contribution in [0, 0.1) is 0 Å². The van der Waals surface area contributed by atoms with Gasteiger partial charge in [-0.05, 0) is 6.42 Å². The number of nitrogens with one attached hydrogen (secondary N) is 1. The highest BCUT2D eigenvalue weighted by molar-refractivity contribution is 5.13. The molecule has 1 aliphatic heterocycles. The minimum Gasteiger partial charge on any atom is -0.376 e. The van der Waals surface area contributed by atoms with E-state index in [1.54, 1.807) is 0 Å². The lowest BCUT2D eigenvalue weighted by Gasteiger charge is -2.26. The van der Waals surface area contributed by atoms with E-state index in [0.717, 1.165) is 32.7 Å². The summed E-state index contributed by atoms with van der Waals surface area (Å²) in [5, 5.41) is 3.18. The molecule has 0 aliphatic carbocycles. The Balaban J connectivity index is 1.79. The van der Waals surface area contributed by atoms with Crippen LogP contribution in [0.25, 0.3) is 0 Å². The Kier molecular flexibility index (Phi) is 4.25. The van der Waals surface area contributed by atoms with Crippen molar-refractivity contribution >= 4 is 6.72 Å².